The summed E-state index contributed by atoms with van der Waals surface area (Å²) >= 11 is 6.70. The molecular formula is C26H31ClO10. The van der Waals surface area contributed by atoms with Crippen LogP contribution in [-0.2, 0) is 42.9 Å². The van der Waals surface area contributed by atoms with Gasteiger partial charge in [0.05, 0.1) is 17.2 Å². The first-order valence-electron chi connectivity index (χ1n) is 11.7. The highest BCUT2D eigenvalue weighted by Gasteiger charge is 2.70. The van der Waals surface area contributed by atoms with Crippen molar-refractivity contribution in [2.24, 2.45) is 17.3 Å². The van der Waals surface area contributed by atoms with E-state index in [1.54, 1.807) is 13.0 Å². The summed E-state index contributed by atoms with van der Waals surface area (Å²) in [5, 5.41) is 11.0. The van der Waals surface area contributed by atoms with Gasteiger partial charge in [-0.15, -0.1) is 11.6 Å². The molecule has 1 saturated heterocycles. The summed E-state index contributed by atoms with van der Waals surface area (Å²) in [6.07, 6.45) is 1.51. The van der Waals surface area contributed by atoms with Gasteiger partial charge in [0, 0.05) is 26.2 Å². The molecular weight excluding hydrogens is 508 g/mol. The van der Waals surface area contributed by atoms with E-state index < -0.39 is 81.8 Å². The van der Waals surface area contributed by atoms with Crippen molar-refractivity contribution in [2.75, 3.05) is 0 Å². The Hall–Kier alpha value is -2.98. The van der Waals surface area contributed by atoms with Gasteiger partial charge in [0.15, 0.2) is 23.1 Å². The fraction of sp³-hybridized carbons (Fsp3) is 0.577. The second-order valence-electron chi connectivity index (χ2n) is 10.1. The van der Waals surface area contributed by atoms with Gasteiger partial charge < -0.3 is 24.1 Å². The molecule has 3 aliphatic rings. The minimum Gasteiger partial charge on any atom is -0.459 e. The molecule has 10 nitrogen and oxygen atoms in total. The fourth-order valence-corrected chi connectivity index (χ4v) is 5.97. The summed E-state index contributed by atoms with van der Waals surface area (Å²) in [4.78, 5) is 62.6. The zero-order valence-electron chi connectivity index (χ0n) is 21.5. The number of carbonyl (C=O) groups is 5. The van der Waals surface area contributed by atoms with E-state index in [1.165, 1.54) is 39.0 Å². The van der Waals surface area contributed by atoms with Crippen molar-refractivity contribution in [3.05, 3.63) is 36.5 Å². The van der Waals surface area contributed by atoms with Gasteiger partial charge >= 0.3 is 23.9 Å². The number of fused-ring (bicyclic) bond motifs is 2. The highest BCUT2D eigenvalue weighted by molar-refractivity contribution is 6.23. The molecule has 3 rings (SSSR count). The topological polar surface area (TPSA) is 143 Å². The van der Waals surface area contributed by atoms with Crippen LogP contribution in [0.4, 0.5) is 0 Å². The number of alkyl halides is 1. The predicted octanol–water partition coefficient (Wildman–Crippen LogP) is 1.96. The van der Waals surface area contributed by atoms with Crippen LogP contribution in [0.2, 0.25) is 0 Å². The first-order chi connectivity index (χ1) is 17.0. The lowest BCUT2D eigenvalue weighted by molar-refractivity contribution is -0.220. The van der Waals surface area contributed by atoms with Gasteiger partial charge in [0.25, 0.3) is 0 Å². The molecule has 2 aliphatic carbocycles. The maximum Gasteiger partial charge on any atom is 0.312 e. The number of rotatable bonds is 3. The molecule has 0 unspecified atom stereocenters. The molecule has 1 N–H and O–H groups in total. The van der Waals surface area contributed by atoms with Crippen LogP contribution < -0.4 is 0 Å². The zero-order chi connectivity index (χ0) is 28.1. The lowest BCUT2D eigenvalue weighted by Gasteiger charge is -2.53. The Bertz CT molecular complexity index is 1110. The van der Waals surface area contributed by atoms with E-state index in [4.69, 9.17) is 30.5 Å². The number of allylic oxidation sites excluding steroid dienone is 2. The van der Waals surface area contributed by atoms with E-state index in [0.717, 1.165) is 13.8 Å². The van der Waals surface area contributed by atoms with Crippen LogP contribution in [0.5, 0.6) is 0 Å². The normalized spacial score (nSPS) is 42.1. The van der Waals surface area contributed by atoms with Crippen molar-refractivity contribution >= 4 is 41.3 Å². The lowest BCUT2D eigenvalue weighted by Crippen LogP contribution is -2.68. The molecule has 1 heterocycles. The van der Waals surface area contributed by atoms with Crippen LogP contribution in [0.15, 0.2) is 36.5 Å². The Labute approximate surface area is 219 Å². The van der Waals surface area contributed by atoms with E-state index in [2.05, 4.69) is 6.58 Å². The third-order valence-electron chi connectivity index (χ3n) is 7.41. The van der Waals surface area contributed by atoms with E-state index in [9.17, 15) is 29.1 Å². The Morgan fingerprint density at radius 3 is 2.19 bits per heavy atom. The summed E-state index contributed by atoms with van der Waals surface area (Å²) in [5.74, 6) is -6.32. The number of ether oxygens (including phenoxy) is 4. The second kappa shape index (κ2) is 9.72. The van der Waals surface area contributed by atoms with Crippen molar-refractivity contribution in [2.45, 2.75) is 76.4 Å². The number of esters is 4. The molecule has 1 aliphatic heterocycles. The van der Waals surface area contributed by atoms with Gasteiger partial charge in [-0.2, -0.15) is 0 Å². The van der Waals surface area contributed by atoms with Gasteiger partial charge in [0.2, 0.25) is 0 Å². The molecule has 0 amide bonds. The average molecular weight is 539 g/mol. The highest BCUT2D eigenvalue weighted by atomic mass is 35.5. The quantitative estimate of drug-likeness (QED) is 0.245. The maximum absolute atomic E-state index is 13.3. The monoisotopic (exact) mass is 538 g/mol. The first kappa shape index (κ1) is 28.6. The molecule has 0 radical (unpaired) electrons. The standard InChI is InChI=1S/C26H31ClO10/c1-12-17(34-14(3)28)8-10-24(6)11-9-18(31)25(7,37-16(5)30)20(24)22(35-15(4)29)26(33)13(2)23(32)36-21(26)19(12)27/h8-11,13,17,19-22,33H,1H2,2-7H3/b10-8+/t13-,17-,19-,20+,21-,22+,24-,25+,26-/m0/s1. The summed E-state index contributed by atoms with van der Waals surface area (Å²) in [6.45, 7) is 11.7. The van der Waals surface area contributed by atoms with E-state index in [1.807, 2.05) is 0 Å². The predicted molar refractivity (Wildman–Crippen MR) is 129 cm³/mol. The Balaban J connectivity index is 2.43. The highest BCUT2D eigenvalue weighted by Crippen LogP contribution is 2.54. The molecule has 0 spiro atoms. The molecule has 0 saturated carbocycles. The second-order valence-corrected chi connectivity index (χ2v) is 10.6. The zero-order valence-corrected chi connectivity index (χ0v) is 22.2. The SMILES string of the molecule is C=C1[C@@H](OC(C)=O)/C=C/[C@@]2(C)C=CC(=O)[C@@](C)(OC(C)=O)[C@@H]2[C@@H](OC(C)=O)[C@]2(O)[C@@H](C)C(=O)O[C@H]2[C@H]1Cl. The molecule has 202 valence electrons. The third kappa shape index (κ3) is 4.72. The largest absolute Gasteiger partial charge is 0.459 e. The number of aliphatic hydroxyl groups is 1. The van der Waals surface area contributed by atoms with Crippen LogP contribution >= 0.6 is 11.6 Å². The van der Waals surface area contributed by atoms with Crippen LogP contribution in [0, 0.1) is 17.3 Å². The Morgan fingerprint density at radius 2 is 1.65 bits per heavy atom. The number of ketones is 1. The summed E-state index contributed by atoms with van der Waals surface area (Å²) in [5.41, 5.74) is -5.44. The fourth-order valence-electron chi connectivity index (χ4n) is 5.59. The van der Waals surface area contributed by atoms with Crippen molar-refractivity contribution in [1.82, 2.24) is 0 Å². The van der Waals surface area contributed by atoms with E-state index in [0.29, 0.717) is 0 Å². The van der Waals surface area contributed by atoms with Gasteiger partial charge in [-0.25, -0.2) is 0 Å². The number of carbonyl (C=O) groups excluding carboxylic acids is 5. The maximum atomic E-state index is 13.3. The van der Waals surface area contributed by atoms with Crippen LogP contribution in [0.3, 0.4) is 0 Å². The van der Waals surface area contributed by atoms with Crippen LogP contribution in [0.1, 0.15) is 41.5 Å². The van der Waals surface area contributed by atoms with Crippen LogP contribution in [0.25, 0.3) is 0 Å². The molecule has 1 fully saturated rings. The third-order valence-corrected chi connectivity index (χ3v) is 7.92. The van der Waals surface area contributed by atoms with Crippen molar-refractivity contribution < 1.29 is 48.0 Å². The average Bonchev–Trinajstić information content (AvgIpc) is 3.01. The Morgan fingerprint density at radius 1 is 1.05 bits per heavy atom. The molecule has 0 aromatic rings. The minimum atomic E-state index is -2.32. The van der Waals surface area contributed by atoms with Crippen molar-refractivity contribution in [1.29, 1.82) is 0 Å². The van der Waals surface area contributed by atoms with E-state index in [-0.39, 0.29) is 5.57 Å². The molecule has 0 aromatic carbocycles. The van der Waals surface area contributed by atoms with Crippen molar-refractivity contribution in [3.63, 3.8) is 0 Å². The van der Waals surface area contributed by atoms with Gasteiger partial charge in [-0.05, 0) is 31.6 Å². The van der Waals surface area contributed by atoms with E-state index >= 15 is 0 Å². The molecule has 11 heteroatoms. The summed E-state index contributed by atoms with van der Waals surface area (Å²) < 4.78 is 22.2. The molecule has 0 aromatic heterocycles. The number of hydrogen-bond donors (Lipinski definition) is 1. The van der Waals surface area contributed by atoms with Crippen LogP contribution in [-0.4, -0.2) is 69.7 Å². The lowest BCUT2D eigenvalue weighted by atomic mass is 9.56. The summed E-state index contributed by atoms with van der Waals surface area (Å²) in [6, 6.07) is 0. The van der Waals surface area contributed by atoms with Gasteiger partial charge in [0.1, 0.15) is 12.2 Å². The first-order valence-corrected chi connectivity index (χ1v) is 12.1. The summed E-state index contributed by atoms with van der Waals surface area (Å²) in [7, 11) is 0. The molecule has 9 atom stereocenters. The minimum absolute atomic E-state index is 0.0979. The number of hydrogen-bond acceptors (Lipinski definition) is 10. The Kier molecular flexibility index (Phi) is 7.51. The molecule has 0 bridgehead atoms. The smallest absolute Gasteiger partial charge is 0.312 e. The van der Waals surface area contributed by atoms with Gasteiger partial charge in [-0.3, -0.25) is 24.0 Å². The van der Waals surface area contributed by atoms with Crippen molar-refractivity contribution in [3.8, 4) is 0 Å². The molecule has 37 heavy (non-hydrogen) atoms. The number of halogens is 1. The van der Waals surface area contributed by atoms with Gasteiger partial charge in [-0.1, -0.05) is 25.7 Å².